The van der Waals surface area contributed by atoms with Gasteiger partial charge in [0, 0.05) is 37.8 Å². The minimum Gasteiger partial charge on any atom is -0.383 e. The van der Waals surface area contributed by atoms with E-state index in [2.05, 4.69) is 52.7 Å². The molecule has 0 aliphatic carbocycles. The second-order valence-corrected chi connectivity index (χ2v) is 7.53. The topological polar surface area (TPSA) is 42.3 Å². The second-order valence-electron chi connectivity index (χ2n) is 7.14. The predicted molar refractivity (Wildman–Crippen MR) is 113 cm³/mol. The molecule has 0 amide bonds. The Hall–Kier alpha value is -1.92. The van der Waals surface area contributed by atoms with Gasteiger partial charge < -0.3 is 19.5 Å². The van der Waals surface area contributed by atoms with E-state index in [4.69, 9.17) is 17.0 Å². The number of aromatic nitrogens is 2. The summed E-state index contributed by atoms with van der Waals surface area (Å²) >= 11 is 5.72. The number of hydrogen-bond donors (Lipinski definition) is 1. The van der Waals surface area contributed by atoms with Gasteiger partial charge in [0.1, 0.15) is 0 Å². The minimum atomic E-state index is 0.0620. The van der Waals surface area contributed by atoms with Crippen molar-refractivity contribution in [2.24, 2.45) is 0 Å². The molecule has 3 rings (SSSR count). The van der Waals surface area contributed by atoms with Crippen LogP contribution < -0.4 is 5.32 Å². The van der Waals surface area contributed by atoms with Crippen LogP contribution in [0, 0.1) is 13.8 Å². The highest BCUT2D eigenvalue weighted by Crippen LogP contribution is 2.40. The van der Waals surface area contributed by atoms with Crippen LogP contribution in [-0.2, 0) is 11.3 Å². The summed E-state index contributed by atoms with van der Waals surface area (Å²) in [5.74, 6) is 0. The van der Waals surface area contributed by atoms with Crippen LogP contribution in [0.3, 0.4) is 0 Å². The summed E-state index contributed by atoms with van der Waals surface area (Å²) in [6.45, 7) is 9.11. The van der Waals surface area contributed by atoms with Crippen molar-refractivity contribution in [3.05, 3.63) is 53.1 Å². The fourth-order valence-corrected chi connectivity index (χ4v) is 4.30. The third-order valence-corrected chi connectivity index (χ3v) is 5.75. The largest absolute Gasteiger partial charge is 0.383 e. The number of ether oxygens (including phenoxy) is 1. The van der Waals surface area contributed by atoms with Gasteiger partial charge in [-0.1, -0.05) is 19.4 Å². The lowest BCUT2D eigenvalue weighted by Crippen LogP contribution is -2.30. The highest BCUT2D eigenvalue weighted by Gasteiger charge is 2.40. The van der Waals surface area contributed by atoms with E-state index < -0.39 is 0 Å². The molecule has 2 atom stereocenters. The Labute approximate surface area is 167 Å². The first-order chi connectivity index (χ1) is 13.1. The summed E-state index contributed by atoms with van der Waals surface area (Å²) < 4.78 is 7.64. The molecule has 0 unspecified atom stereocenters. The molecule has 146 valence electrons. The van der Waals surface area contributed by atoms with Gasteiger partial charge in [-0.3, -0.25) is 4.98 Å². The summed E-state index contributed by atoms with van der Waals surface area (Å²) in [5.41, 5.74) is 4.89. The monoisotopic (exact) mass is 386 g/mol. The van der Waals surface area contributed by atoms with Crippen LogP contribution in [0.25, 0.3) is 0 Å². The predicted octanol–water partition coefficient (Wildman–Crippen LogP) is 3.92. The van der Waals surface area contributed by atoms with Crippen molar-refractivity contribution in [3.8, 4) is 0 Å². The first-order valence-electron chi connectivity index (χ1n) is 9.72. The molecule has 0 bridgehead atoms. The van der Waals surface area contributed by atoms with Gasteiger partial charge in [-0.05, 0) is 56.2 Å². The zero-order valence-electron chi connectivity index (χ0n) is 16.7. The van der Waals surface area contributed by atoms with Crippen LogP contribution in [0.4, 0.5) is 0 Å². The maximum absolute atomic E-state index is 5.72. The SMILES string of the molecule is CCCCN1C(=S)N[C@H](c2ccccn2)[C@@H]1c1cc(C)n(CCOC)c1C. The van der Waals surface area contributed by atoms with Crippen molar-refractivity contribution in [2.45, 2.75) is 52.2 Å². The van der Waals surface area contributed by atoms with Crippen molar-refractivity contribution >= 4 is 17.3 Å². The second kappa shape index (κ2) is 8.85. The van der Waals surface area contributed by atoms with E-state index in [0.717, 1.165) is 36.7 Å². The van der Waals surface area contributed by atoms with Gasteiger partial charge in [0.15, 0.2) is 5.11 Å². The molecule has 27 heavy (non-hydrogen) atoms. The van der Waals surface area contributed by atoms with Crippen molar-refractivity contribution in [1.29, 1.82) is 0 Å². The van der Waals surface area contributed by atoms with Gasteiger partial charge in [0.25, 0.3) is 0 Å². The van der Waals surface area contributed by atoms with Gasteiger partial charge in [-0.15, -0.1) is 0 Å². The highest BCUT2D eigenvalue weighted by molar-refractivity contribution is 7.80. The third-order valence-electron chi connectivity index (χ3n) is 5.40. The summed E-state index contributed by atoms with van der Waals surface area (Å²) in [5, 5.41) is 4.36. The number of nitrogens with one attached hydrogen (secondary N) is 1. The maximum atomic E-state index is 5.72. The summed E-state index contributed by atoms with van der Waals surface area (Å²) in [6.07, 6.45) is 4.12. The Bertz CT molecular complexity index is 774. The maximum Gasteiger partial charge on any atom is 0.170 e. The summed E-state index contributed by atoms with van der Waals surface area (Å²) in [6, 6.07) is 8.60. The molecular formula is C21H30N4OS. The van der Waals surface area contributed by atoms with E-state index >= 15 is 0 Å². The Morgan fingerprint density at radius 1 is 1.26 bits per heavy atom. The summed E-state index contributed by atoms with van der Waals surface area (Å²) in [4.78, 5) is 6.97. The third kappa shape index (κ3) is 4.01. The van der Waals surface area contributed by atoms with Crippen molar-refractivity contribution in [1.82, 2.24) is 19.8 Å². The number of thiocarbonyl (C=S) groups is 1. The first kappa shape index (κ1) is 19.8. The number of pyridine rings is 1. The van der Waals surface area contributed by atoms with Crippen LogP contribution in [-0.4, -0.2) is 39.8 Å². The fraction of sp³-hybridized carbons (Fsp3) is 0.524. The smallest absolute Gasteiger partial charge is 0.170 e. The van der Waals surface area contributed by atoms with Crippen molar-refractivity contribution in [2.75, 3.05) is 20.3 Å². The van der Waals surface area contributed by atoms with Crippen LogP contribution in [0.2, 0.25) is 0 Å². The number of unbranched alkanes of at least 4 members (excludes halogenated alkanes) is 1. The van der Waals surface area contributed by atoms with Gasteiger partial charge in [0.2, 0.25) is 0 Å². The van der Waals surface area contributed by atoms with Crippen molar-refractivity contribution in [3.63, 3.8) is 0 Å². The van der Waals surface area contributed by atoms with Crippen LogP contribution in [0.15, 0.2) is 30.5 Å². The van der Waals surface area contributed by atoms with E-state index in [1.807, 2.05) is 18.3 Å². The number of nitrogens with zero attached hydrogens (tertiary/aromatic N) is 3. The van der Waals surface area contributed by atoms with Gasteiger partial charge in [-0.25, -0.2) is 0 Å². The Morgan fingerprint density at radius 3 is 2.74 bits per heavy atom. The fourth-order valence-electron chi connectivity index (χ4n) is 3.97. The molecule has 0 spiro atoms. The van der Waals surface area contributed by atoms with E-state index in [1.165, 1.54) is 17.0 Å². The number of methoxy groups -OCH3 is 1. The molecule has 2 aromatic heterocycles. The molecule has 1 aliphatic rings. The molecular weight excluding hydrogens is 356 g/mol. The minimum absolute atomic E-state index is 0.0620. The number of rotatable bonds is 8. The molecule has 3 heterocycles. The van der Waals surface area contributed by atoms with Crippen molar-refractivity contribution < 1.29 is 4.74 Å². The lowest BCUT2D eigenvalue weighted by atomic mass is 9.96. The lowest BCUT2D eigenvalue weighted by Gasteiger charge is -2.28. The Kier molecular flexibility index (Phi) is 6.50. The molecule has 1 fully saturated rings. The molecule has 2 aromatic rings. The van der Waals surface area contributed by atoms with Gasteiger partial charge >= 0.3 is 0 Å². The molecule has 0 saturated carbocycles. The highest BCUT2D eigenvalue weighted by atomic mass is 32.1. The van der Waals surface area contributed by atoms with Gasteiger partial charge in [0.05, 0.1) is 24.4 Å². The Morgan fingerprint density at radius 2 is 2.07 bits per heavy atom. The summed E-state index contributed by atoms with van der Waals surface area (Å²) in [7, 11) is 1.75. The Balaban J connectivity index is 2.02. The molecule has 0 radical (unpaired) electrons. The van der Waals surface area contributed by atoms with Gasteiger partial charge in [-0.2, -0.15) is 0 Å². The average Bonchev–Trinajstić information content (AvgIpc) is 3.15. The lowest BCUT2D eigenvalue weighted by molar-refractivity contribution is 0.186. The van der Waals surface area contributed by atoms with E-state index in [1.54, 1.807) is 7.11 Å². The number of hydrogen-bond acceptors (Lipinski definition) is 3. The normalized spacial score (nSPS) is 19.6. The molecule has 5 nitrogen and oxygen atoms in total. The zero-order chi connectivity index (χ0) is 19.4. The first-order valence-corrected chi connectivity index (χ1v) is 10.1. The van der Waals surface area contributed by atoms with Crippen LogP contribution in [0.1, 0.15) is 54.5 Å². The molecule has 6 heteroatoms. The van der Waals surface area contributed by atoms with E-state index in [-0.39, 0.29) is 12.1 Å². The quantitative estimate of drug-likeness (QED) is 0.697. The van der Waals surface area contributed by atoms with E-state index in [9.17, 15) is 0 Å². The zero-order valence-corrected chi connectivity index (χ0v) is 17.6. The average molecular weight is 387 g/mol. The molecule has 1 aliphatic heterocycles. The number of aryl methyl sites for hydroxylation is 1. The molecule has 0 aromatic carbocycles. The van der Waals surface area contributed by atoms with E-state index in [0.29, 0.717) is 6.61 Å². The van der Waals surface area contributed by atoms with Crippen LogP contribution in [0.5, 0.6) is 0 Å². The van der Waals surface area contributed by atoms with Crippen LogP contribution >= 0.6 is 12.2 Å². The molecule has 1 N–H and O–H groups in total. The molecule has 1 saturated heterocycles. The standard InChI is InChI=1S/C21H30N4OS/c1-5-6-11-25-20(17-14-15(2)24(16(17)3)12-13-26-4)19(23-21(25)27)18-9-7-8-10-22-18/h7-10,14,19-20H,5-6,11-13H2,1-4H3,(H,23,27)/t19-,20+/m1/s1.